The van der Waals surface area contributed by atoms with Gasteiger partial charge in [-0.05, 0) is 43.0 Å². The number of fused-ring (bicyclic) bond motifs is 4. The molecule has 7 rings (SSSR count). The molecule has 0 bridgehead atoms. The number of nitrogens with zero attached hydrogens (tertiary/aromatic N) is 6. The number of aryl methyl sites for hydroxylation is 1. The number of para-hydroxylation sites is 1. The Kier molecular flexibility index (Phi) is 8.54. The Bertz CT molecular complexity index is 1640. The number of rotatable bonds is 8. The number of hydrogen-bond donors (Lipinski definition) is 1. The molecule has 230 valence electrons. The van der Waals surface area contributed by atoms with Crippen LogP contribution in [0.4, 0.5) is 0 Å². The predicted octanol–water partition coefficient (Wildman–Crippen LogP) is 3.14. The first-order valence-corrected chi connectivity index (χ1v) is 16.0. The van der Waals surface area contributed by atoms with Crippen molar-refractivity contribution in [2.75, 3.05) is 59.0 Å². The highest BCUT2D eigenvalue weighted by Gasteiger charge is 2.32. The fourth-order valence-electron chi connectivity index (χ4n) is 7.15. The van der Waals surface area contributed by atoms with Gasteiger partial charge in [0.1, 0.15) is 6.54 Å². The smallest absolute Gasteiger partial charge is 0.242 e. The highest BCUT2D eigenvalue weighted by molar-refractivity contribution is 6.09. The number of ether oxygens (including phenoxy) is 1. The van der Waals surface area contributed by atoms with Gasteiger partial charge in [-0.3, -0.25) is 19.6 Å². The highest BCUT2D eigenvalue weighted by atomic mass is 16.5. The summed E-state index contributed by atoms with van der Waals surface area (Å²) < 4.78 is 7.60. The summed E-state index contributed by atoms with van der Waals surface area (Å²) in [5, 5.41) is 5.54. The number of hydrogen-bond acceptors (Lipinski definition) is 7. The van der Waals surface area contributed by atoms with Crippen molar-refractivity contribution in [1.82, 2.24) is 34.6 Å². The van der Waals surface area contributed by atoms with Crippen molar-refractivity contribution in [2.45, 2.75) is 44.8 Å². The van der Waals surface area contributed by atoms with Gasteiger partial charge >= 0.3 is 0 Å². The van der Waals surface area contributed by atoms with Crippen LogP contribution in [-0.4, -0.2) is 100 Å². The van der Waals surface area contributed by atoms with Crippen LogP contribution in [0.25, 0.3) is 21.8 Å². The van der Waals surface area contributed by atoms with E-state index in [4.69, 9.17) is 14.7 Å². The van der Waals surface area contributed by atoms with Gasteiger partial charge < -0.3 is 29.3 Å². The Hall–Kier alpha value is -3.86. The average molecular weight is 596 g/mol. The van der Waals surface area contributed by atoms with Crippen LogP contribution < -0.4 is 5.32 Å². The minimum atomic E-state index is -0.111. The lowest BCUT2D eigenvalue weighted by Gasteiger charge is -2.36. The van der Waals surface area contributed by atoms with Gasteiger partial charge in [0.15, 0.2) is 0 Å². The second-order valence-corrected chi connectivity index (χ2v) is 12.1. The molecule has 1 aromatic carbocycles. The zero-order valence-corrected chi connectivity index (χ0v) is 25.3. The fourth-order valence-corrected chi connectivity index (χ4v) is 7.15. The molecular formula is C34H41N7O3. The molecule has 1 atom stereocenters. The van der Waals surface area contributed by atoms with Crippen molar-refractivity contribution in [3.05, 3.63) is 71.8 Å². The first-order chi connectivity index (χ1) is 21.7. The van der Waals surface area contributed by atoms with Gasteiger partial charge in [-0.2, -0.15) is 0 Å². The van der Waals surface area contributed by atoms with E-state index < -0.39 is 0 Å². The molecule has 4 aromatic rings. The van der Waals surface area contributed by atoms with Gasteiger partial charge in [-0.25, -0.2) is 0 Å². The minimum Gasteiger partial charge on any atom is -0.378 e. The molecule has 1 N–H and O–H groups in total. The lowest BCUT2D eigenvalue weighted by atomic mass is 9.90. The maximum Gasteiger partial charge on any atom is 0.242 e. The van der Waals surface area contributed by atoms with Crippen LogP contribution in [0.5, 0.6) is 0 Å². The summed E-state index contributed by atoms with van der Waals surface area (Å²) in [5.41, 5.74) is 4.96. The van der Waals surface area contributed by atoms with Crippen molar-refractivity contribution < 1.29 is 14.3 Å². The molecule has 44 heavy (non-hydrogen) atoms. The molecule has 0 radical (unpaired) electrons. The SMILES string of the molecule is O=C(Cn1c2ccccc2c2ccnc(CN(C(=O)CCN3CCNCC3)[C@H]3CCCc4cccnc43)c21)N1CCOCC1. The maximum atomic E-state index is 14.2. The van der Waals surface area contributed by atoms with Crippen molar-refractivity contribution >= 4 is 33.6 Å². The first kappa shape index (κ1) is 28.9. The molecule has 2 saturated heterocycles. The van der Waals surface area contributed by atoms with Crippen LogP contribution in [0, 0.1) is 0 Å². The number of carbonyl (C=O) groups is 2. The van der Waals surface area contributed by atoms with Gasteiger partial charge in [0.2, 0.25) is 11.8 Å². The van der Waals surface area contributed by atoms with Gasteiger partial charge in [0, 0.05) is 80.9 Å². The van der Waals surface area contributed by atoms with Crippen LogP contribution in [-0.2, 0) is 33.8 Å². The number of morpholine rings is 1. The Morgan fingerprint density at radius 1 is 0.955 bits per heavy atom. The lowest BCUT2D eigenvalue weighted by Crippen LogP contribution is -2.45. The van der Waals surface area contributed by atoms with E-state index in [0.717, 1.165) is 85.2 Å². The predicted molar refractivity (Wildman–Crippen MR) is 169 cm³/mol. The van der Waals surface area contributed by atoms with Gasteiger partial charge in [0.05, 0.1) is 42.7 Å². The van der Waals surface area contributed by atoms with Crippen molar-refractivity contribution in [3.63, 3.8) is 0 Å². The summed E-state index contributed by atoms with van der Waals surface area (Å²) in [6.45, 7) is 7.47. The van der Waals surface area contributed by atoms with Crippen molar-refractivity contribution in [3.8, 4) is 0 Å². The third-order valence-electron chi connectivity index (χ3n) is 9.45. The number of carbonyl (C=O) groups excluding carboxylic acids is 2. The minimum absolute atomic E-state index is 0.0696. The topological polar surface area (TPSA) is 95.8 Å². The zero-order chi connectivity index (χ0) is 29.9. The molecule has 2 fully saturated rings. The van der Waals surface area contributed by atoms with Crippen molar-refractivity contribution in [2.24, 2.45) is 0 Å². The lowest BCUT2D eigenvalue weighted by molar-refractivity contribution is -0.136. The monoisotopic (exact) mass is 595 g/mol. The summed E-state index contributed by atoms with van der Waals surface area (Å²) in [6, 6.07) is 14.3. The number of piperazine rings is 1. The molecular weight excluding hydrogens is 554 g/mol. The number of amides is 2. The summed E-state index contributed by atoms with van der Waals surface area (Å²) in [6.07, 6.45) is 7.00. The summed E-state index contributed by atoms with van der Waals surface area (Å²) in [5.74, 6) is 0.193. The molecule has 2 amide bonds. The molecule has 0 unspecified atom stereocenters. The number of nitrogens with one attached hydrogen (secondary N) is 1. The third kappa shape index (κ3) is 5.81. The molecule has 2 aliphatic heterocycles. The van der Waals surface area contributed by atoms with E-state index in [-0.39, 0.29) is 24.4 Å². The van der Waals surface area contributed by atoms with Crippen LogP contribution >= 0.6 is 0 Å². The highest BCUT2D eigenvalue weighted by Crippen LogP contribution is 2.36. The Morgan fingerprint density at radius 3 is 2.66 bits per heavy atom. The third-order valence-corrected chi connectivity index (χ3v) is 9.45. The zero-order valence-electron chi connectivity index (χ0n) is 25.3. The molecule has 0 saturated carbocycles. The molecule has 0 spiro atoms. The Morgan fingerprint density at radius 2 is 1.80 bits per heavy atom. The second-order valence-electron chi connectivity index (χ2n) is 12.1. The van der Waals surface area contributed by atoms with Crippen LogP contribution in [0.3, 0.4) is 0 Å². The summed E-state index contributed by atoms with van der Waals surface area (Å²) in [7, 11) is 0. The first-order valence-electron chi connectivity index (χ1n) is 16.0. The fraction of sp³-hybridized carbons (Fsp3) is 0.471. The largest absolute Gasteiger partial charge is 0.378 e. The average Bonchev–Trinajstić information content (AvgIpc) is 3.40. The Balaban J connectivity index is 1.27. The summed E-state index contributed by atoms with van der Waals surface area (Å²) >= 11 is 0. The number of aromatic nitrogens is 3. The molecule has 10 nitrogen and oxygen atoms in total. The van der Waals surface area contributed by atoms with E-state index in [0.29, 0.717) is 39.3 Å². The van der Waals surface area contributed by atoms with Crippen molar-refractivity contribution in [1.29, 1.82) is 0 Å². The molecule has 5 heterocycles. The van der Waals surface area contributed by atoms with E-state index in [2.05, 4.69) is 33.0 Å². The van der Waals surface area contributed by atoms with E-state index in [1.165, 1.54) is 5.56 Å². The van der Waals surface area contributed by atoms with Crippen LogP contribution in [0.1, 0.15) is 42.3 Å². The standard InChI is InChI=1S/C34H41N7O3/c42-31(11-16-38-17-14-35-15-18-38)40(30-9-3-5-25-6-4-12-37-33(25)30)23-28-34-27(10-13-36-28)26-7-1-2-8-29(26)41(34)24-32(43)39-19-21-44-22-20-39/h1-2,4,6-8,10,12-13,30,35H,3,5,9,11,14-24H2/t30-/m0/s1. The molecule has 1 aliphatic carbocycles. The normalized spacial score (nSPS) is 19.3. The maximum absolute atomic E-state index is 14.2. The van der Waals surface area contributed by atoms with E-state index in [9.17, 15) is 9.59 Å². The van der Waals surface area contributed by atoms with Gasteiger partial charge in [0.25, 0.3) is 0 Å². The number of benzene rings is 1. The van der Waals surface area contributed by atoms with Gasteiger partial charge in [-0.1, -0.05) is 24.3 Å². The number of pyridine rings is 2. The van der Waals surface area contributed by atoms with Crippen LogP contribution in [0.2, 0.25) is 0 Å². The summed E-state index contributed by atoms with van der Waals surface area (Å²) in [4.78, 5) is 43.8. The molecule has 3 aliphatic rings. The molecule has 3 aromatic heterocycles. The molecule has 10 heteroatoms. The van der Waals surface area contributed by atoms with Gasteiger partial charge in [-0.15, -0.1) is 0 Å². The van der Waals surface area contributed by atoms with E-state index in [1.54, 1.807) is 0 Å². The van der Waals surface area contributed by atoms with E-state index in [1.807, 2.05) is 46.5 Å². The van der Waals surface area contributed by atoms with Crippen LogP contribution in [0.15, 0.2) is 54.9 Å². The second kappa shape index (κ2) is 13.0. The Labute approximate surface area is 258 Å². The quantitative estimate of drug-likeness (QED) is 0.335. The van der Waals surface area contributed by atoms with E-state index >= 15 is 0 Å².